The lowest BCUT2D eigenvalue weighted by Gasteiger charge is -2.25. The second-order valence-corrected chi connectivity index (χ2v) is 4.61. The zero-order valence-electron chi connectivity index (χ0n) is 12.1. The number of hydrogen-bond donors (Lipinski definition) is 1. The van der Waals surface area contributed by atoms with Crippen LogP contribution >= 0.6 is 0 Å². The van der Waals surface area contributed by atoms with E-state index in [9.17, 15) is 0 Å². The van der Waals surface area contributed by atoms with Crippen LogP contribution in [0.15, 0.2) is 24.3 Å². The van der Waals surface area contributed by atoms with E-state index >= 15 is 0 Å². The van der Waals surface area contributed by atoms with Crippen LogP contribution in [-0.2, 0) is 4.74 Å². The van der Waals surface area contributed by atoms with Crippen molar-refractivity contribution in [3.05, 3.63) is 29.8 Å². The SMILES string of the molecule is CCNC(C)c1ccccc1N(C)CCCOC. The summed E-state index contributed by atoms with van der Waals surface area (Å²) in [5.74, 6) is 0. The number of para-hydroxylation sites is 1. The highest BCUT2D eigenvalue weighted by atomic mass is 16.5. The molecule has 1 atom stereocenters. The van der Waals surface area contributed by atoms with Gasteiger partial charge in [-0.3, -0.25) is 0 Å². The first-order valence-electron chi connectivity index (χ1n) is 6.73. The van der Waals surface area contributed by atoms with Gasteiger partial charge in [0.25, 0.3) is 0 Å². The minimum absolute atomic E-state index is 0.385. The third kappa shape index (κ3) is 4.31. The van der Waals surface area contributed by atoms with Gasteiger partial charge in [0.15, 0.2) is 0 Å². The Morgan fingerprint density at radius 2 is 2.06 bits per heavy atom. The lowest BCUT2D eigenvalue weighted by Crippen LogP contribution is -2.24. The normalized spacial score (nSPS) is 12.4. The summed E-state index contributed by atoms with van der Waals surface area (Å²) in [7, 11) is 3.90. The van der Waals surface area contributed by atoms with Gasteiger partial charge in [-0.05, 0) is 31.5 Å². The van der Waals surface area contributed by atoms with E-state index < -0.39 is 0 Å². The minimum Gasteiger partial charge on any atom is -0.385 e. The molecular formula is C15H26N2O. The molecule has 18 heavy (non-hydrogen) atoms. The van der Waals surface area contributed by atoms with Gasteiger partial charge >= 0.3 is 0 Å². The van der Waals surface area contributed by atoms with Crippen LogP contribution in [0.4, 0.5) is 5.69 Å². The Balaban J connectivity index is 2.74. The van der Waals surface area contributed by atoms with E-state index in [0.29, 0.717) is 6.04 Å². The number of anilines is 1. The van der Waals surface area contributed by atoms with E-state index in [1.54, 1.807) is 7.11 Å². The van der Waals surface area contributed by atoms with Crippen LogP contribution in [0, 0.1) is 0 Å². The number of ether oxygens (including phenoxy) is 1. The Bertz CT molecular complexity index is 341. The molecule has 0 aliphatic rings. The van der Waals surface area contributed by atoms with Crippen molar-refractivity contribution in [2.45, 2.75) is 26.3 Å². The molecule has 0 spiro atoms. The summed E-state index contributed by atoms with van der Waals surface area (Å²) in [6.45, 7) is 7.18. The zero-order valence-corrected chi connectivity index (χ0v) is 12.1. The fourth-order valence-corrected chi connectivity index (χ4v) is 2.18. The van der Waals surface area contributed by atoms with Crippen molar-refractivity contribution >= 4 is 5.69 Å². The van der Waals surface area contributed by atoms with Crippen molar-refractivity contribution in [2.75, 3.05) is 38.8 Å². The molecule has 0 saturated carbocycles. The van der Waals surface area contributed by atoms with Gasteiger partial charge in [-0.15, -0.1) is 0 Å². The molecule has 0 aliphatic heterocycles. The number of benzene rings is 1. The Morgan fingerprint density at radius 1 is 1.33 bits per heavy atom. The second-order valence-electron chi connectivity index (χ2n) is 4.61. The largest absolute Gasteiger partial charge is 0.385 e. The number of rotatable bonds is 8. The number of hydrogen-bond acceptors (Lipinski definition) is 3. The highest BCUT2D eigenvalue weighted by molar-refractivity contribution is 5.54. The van der Waals surface area contributed by atoms with E-state index in [4.69, 9.17) is 4.74 Å². The monoisotopic (exact) mass is 250 g/mol. The average molecular weight is 250 g/mol. The van der Waals surface area contributed by atoms with Crippen LogP contribution in [0.5, 0.6) is 0 Å². The van der Waals surface area contributed by atoms with Crippen molar-refractivity contribution < 1.29 is 4.74 Å². The zero-order chi connectivity index (χ0) is 13.4. The summed E-state index contributed by atoms with van der Waals surface area (Å²) in [6.07, 6.45) is 1.05. The van der Waals surface area contributed by atoms with Gasteiger partial charge in [0, 0.05) is 39.0 Å². The van der Waals surface area contributed by atoms with Crippen molar-refractivity contribution in [1.82, 2.24) is 5.32 Å². The molecule has 1 unspecified atom stereocenters. The fraction of sp³-hybridized carbons (Fsp3) is 0.600. The summed E-state index contributed by atoms with van der Waals surface area (Å²) in [5, 5.41) is 3.47. The average Bonchev–Trinajstić information content (AvgIpc) is 2.39. The van der Waals surface area contributed by atoms with Crippen LogP contribution in [0.25, 0.3) is 0 Å². The third-order valence-electron chi connectivity index (χ3n) is 3.17. The minimum atomic E-state index is 0.385. The molecule has 3 heteroatoms. The predicted octanol–water partition coefficient (Wildman–Crippen LogP) is 2.83. The maximum Gasteiger partial charge on any atom is 0.0479 e. The summed E-state index contributed by atoms with van der Waals surface area (Å²) < 4.78 is 5.11. The molecule has 0 aromatic heterocycles. The highest BCUT2D eigenvalue weighted by Gasteiger charge is 2.11. The molecule has 0 saturated heterocycles. The molecule has 1 rings (SSSR count). The van der Waals surface area contributed by atoms with Gasteiger partial charge in [0.1, 0.15) is 0 Å². The molecule has 3 nitrogen and oxygen atoms in total. The molecule has 102 valence electrons. The van der Waals surface area contributed by atoms with Crippen LogP contribution in [-0.4, -0.2) is 33.9 Å². The first kappa shape index (κ1) is 15.0. The summed E-state index contributed by atoms with van der Waals surface area (Å²) in [4.78, 5) is 2.31. The quantitative estimate of drug-likeness (QED) is 0.718. The molecule has 1 aromatic carbocycles. The molecule has 0 radical (unpaired) electrons. The first-order chi connectivity index (χ1) is 8.70. The summed E-state index contributed by atoms with van der Waals surface area (Å²) in [5.41, 5.74) is 2.67. The molecule has 1 N–H and O–H groups in total. The van der Waals surface area contributed by atoms with Gasteiger partial charge < -0.3 is 15.0 Å². The van der Waals surface area contributed by atoms with Crippen molar-refractivity contribution in [3.63, 3.8) is 0 Å². The third-order valence-corrected chi connectivity index (χ3v) is 3.17. The fourth-order valence-electron chi connectivity index (χ4n) is 2.18. The van der Waals surface area contributed by atoms with Crippen molar-refractivity contribution in [1.29, 1.82) is 0 Å². The van der Waals surface area contributed by atoms with E-state index in [1.165, 1.54) is 11.3 Å². The number of nitrogens with zero attached hydrogens (tertiary/aromatic N) is 1. The maximum atomic E-state index is 5.11. The van der Waals surface area contributed by atoms with Gasteiger partial charge in [0.2, 0.25) is 0 Å². The Kier molecular flexibility index (Phi) is 6.76. The van der Waals surface area contributed by atoms with Crippen LogP contribution in [0.2, 0.25) is 0 Å². The maximum absolute atomic E-state index is 5.11. The van der Waals surface area contributed by atoms with Crippen LogP contribution in [0.3, 0.4) is 0 Å². The lowest BCUT2D eigenvalue weighted by molar-refractivity contribution is 0.196. The van der Waals surface area contributed by atoms with Crippen LogP contribution in [0.1, 0.15) is 31.9 Å². The van der Waals surface area contributed by atoms with E-state index in [1.807, 2.05) is 0 Å². The molecule has 1 aromatic rings. The smallest absolute Gasteiger partial charge is 0.0479 e. The van der Waals surface area contributed by atoms with Gasteiger partial charge in [-0.1, -0.05) is 25.1 Å². The predicted molar refractivity (Wildman–Crippen MR) is 78.3 cm³/mol. The molecule has 0 fully saturated rings. The summed E-state index contributed by atoms with van der Waals surface area (Å²) in [6, 6.07) is 8.99. The van der Waals surface area contributed by atoms with Gasteiger partial charge in [0.05, 0.1) is 0 Å². The Hall–Kier alpha value is -1.06. The van der Waals surface area contributed by atoms with Crippen molar-refractivity contribution in [2.24, 2.45) is 0 Å². The van der Waals surface area contributed by atoms with Crippen LogP contribution < -0.4 is 10.2 Å². The molecule has 0 amide bonds. The number of nitrogens with one attached hydrogen (secondary N) is 1. The topological polar surface area (TPSA) is 24.5 Å². The molecule has 0 aliphatic carbocycles. The first-order valence-corrected chi connectivity index (χ1v) is 6.73. The van der Waals surface area contributed by atoms with Gasteiger partial charge in [-0.25, -0.2) is 0 Å². The Morgan fingerprint density at radius 3 is 2.72 bits per heavy atom. The lowest BCUT2D eigenvalue weighted by atomic mass is 10.1. The highest BCUT2D eigenvalue weighted by Crippen LogP contribution is 2.25. The Labute approximate surface area is 111 Å². The summed E-state index contributed by atoms with van der Waals surface area (Å²) >= 11 is 0. The van der Waals surface area contributed by atoms with Crippen molar-refractivity contribution in [3.8, 4) is 0 Å². The molecular weight excluding hydrogens is 224 g/mol. The van der Waals surface area contributed by atoms with E-state index in [0.717, 1.165) is 26.1 Å². The molecule has 0 heterocycles. The van der Waals surface area contributed by atoms with E-state index in [-0.39, 0.29) is 0 Å². The second kappa shape index (κ2) is 8.11. The standard InChI is InChI=1S/C15H26N2O/c1-5-16-13(2)14-9-6-7-10-15(14)17(3)11-8-12-18-4/h6-7,9-10,13,16H,5,8,11-12H2,1-4H3. The van der Waals surface area contributed by atoms with E-state index in [2.05, 4.69) is 55.4 Å². The van der Waals surface area contributed by atoms with Gasteiger partial charge in [-0.2, -0.15) is 0 Å². The number of methoxy groups -OCH3 is 1. The molecule has 0 bridgehead atoms.